The SMILES string of the molecule is CCOc1cccnc1C(=O)N[C@@H](CS(=O)(=O)O)C(=O)O. The minimum Gasteiger partial charge on any atom is -0.491 e. The molecule has 10 heteroatoms. The van der Waals surface area contributed by atoms with Gasteiger partial charge in [0.25, 0.3) is 16.0 Å². The summed E-state index contributed by atoms with van der Waals surface area (Å²) >= 11 is 0. The molecule has 0 bridgehead atoms. The predicted octanol–water partition coefficient (Wildman–Crippen LogP) is -0.449. The van der Waals surface area contributed by atoms with Gasteiger partial charge in [0.05, 0.1) is 6.61 Å². The average Bonchev–Trinajstić information content (AvgIpc) is 2.37. The summed E-state index contributed by atoms with van der Waals surface area (Å²) < 4.78 is 35.3. The molecule has 1 amide bonds. The Morgan fingerprint density at radius 3 is 2.67 bits per heavy atom. The number of nitrogens with one attached hydrogen (secondary N) is 1. The third-order valence-corrected chi connectivity index (χ3v) is 3.02. The van der Waals surface area contributed by atoms with Gasteiger partial charge in [-0.3, -0.25) is 9.35 Å². The lowest BCUT2D eigenvalue weighted by Gasteiger charge is -2.14. The summed E-state index contributed by atoms with van der Waals surface area (Å²) in [6.07, 6.45) is 1.30. The van der Waals surface area contributed by atoms with Crippen LogP contribution in [0.5, 0.6) is 5.75 Å². The minimum absolute atomic E-state index is 0.133. The van der Waals surface area contributed by atoms with Gasteiger partial charge in [0.15, 0.2) is 11.4 Å². The molecule has 0 spiro atoms. The topological polar surface area (TPSA) is 143 Å². The van der Waals surface area contributed by atoms with Crippen LogP contribution in [0, 0.1) is 0 Å². The molecule has 0 aliphatic heterocycles. The Bertz CT molecular complexity index is 629. The largest absolute Gasteiger partial charge is 0.491 e. The lowest BCUT2D eigenvalue weighted by atomic mass is 10.2. The molecular formula is C11H14N2O7S. The second-order valence-electron chi connectivity index (χ2n) is 3.90. The van der Waals surface area contributed by atoms with Gasteiger partial charge in [-0.05, 0) is 19.1 Å². The highest BCUT2D eigenvalue weighted by atomic mass is 32.2. The summed E-state index contributed by atoms with van der Waals surface area (Å²) in [7, 11) is -4.56. The van der Waals surface area contributed by atoms with Gasteiger partial charge < -0.3 is 15.2 Å². The number of hydrogen-bond acceptors (Lipinski definition) is 6. The number of pyridine rings is 1. The van der Waals surface area contributed by atoms with E-state index in [4.69, 9.17) is 14.4 Å². The van der Waals surface area contributed by atoms with Crippen molar-refractivity contribution in [3.8, 4) is 5.75 Å². The first kappa shape index (κ1) is 16.9. The van der Waals surface area contributed by atoms with Crippen LogP contribution in [0.1, 0.15) is 17.4 Å². The molecule has 9 nitrogen and oxygen atoms in total. The smallest absolute Gasteiger partial charge is 0.327 e. The van der Waals surface area contributed by atoms with Gasteiger partial charge in [0.2, 0.25) is 0 Å². The van der Waals surface area contributed by atoms with Gasteiger partial charge in [-0.2, -0.15) is 8.42 Å². The van der Waals surface area contributed by atoms with Crippen LogP contribution < -0.4 is 10.1 Å². The minimum atomic E-state index is -4.56. The van der Waals surface area contributed by atoms with E-state index in [1.807, 2.05) is 5.32 Å². The Hall–Kier alpha value is -2.20. The predicted molar refractivity (Wildman–Crippen MR) is 70.7 cm³/mol. The highest BCUT2D eigenvalue weighted by Crippen LogP contribution is 2.15. The van der Waals surface area contributed by atoms with Crippen LogP contribution in [-0.2, 0) is 14.9 Å². The van der Waals surface area contributed by atoms with E-state index >= 15 is 0 Å². The molecule has 1 heterocycles. The van der Waals surface area contributed by atoms with E-state index in [0.717, 1.165) is 0 Å². The number of nitrogens with zero attached hydrogens (tertiary/aromatic N) is 1. The summed E-state index contributed by atoms with van der Waals surface area (Å²) in [6, 6.07) is 1.18. The van der Waals surface area contributed by atoms with Crippen molar-refractivity contribution in [1.82, 2.24) is 10.3 Å². The fraction of sp³-hybridized carbons (Fsp3) is 0.364. The van der Waals surface area contributed by atoms with Crippen molar-refractivity contribution in [1.29, 1.82) is 0 Å². The third-order valence-electron chi connectivity index (χ3n) is 2.27. The highest BCUT2D eigenvalue weighted by Gasteiger charge is 2.27. The Morgan fingerprint density at radius 1 is 1.48 bits per heavy atom. The molecule has 0 unspecified atom stereocenters. The normalized spacial score (nSPS) is 12.5. The number of carboxylic acid groups (broad SMARTS) is 1. The fourth-order valence-corrected chi connectivity index (χ4v) is 2.09. The summed E-state index contributed by atoms with van der Waals surface area (Å²) in [4.78, 5) is 26.6. The second-order valence-corrected chi connectivity index (χ2v) is 5.39. The monoisotopic (exact) mass is 318 g/mol. The van der Waals surface area contributed by atoms with Gasteiger partial charge in [-0.25, -0.2) is 9.78 Å². The van der Waals surface area contributed by atoms with E-state index in [1.165, 1.54) is 18.3 Å². The van der Waals surface area contributed by atoms with Crippen LogP contribution in [0.2, 0.25) is 0 Å². The molecule has 0 fully saturated rings. The number of ether oxygens (including phenoxy) is 1. The highest BCUT2D eigenvalue weighted by molar-refractivity contribution is 7.85. The molecular weight excluding hydrogens is 304 g/mol. The Balaban J connectivity index is 2.95. The molecule has 0 aliphatic rings. The number of carbonyl (C=O) groups excluding carboxylic acids is 1. The third kappa shape index (κ3) is 5.36. The van der Waals surface area contributed by atoms with Crippen molar-refractivity contribution in [3.05, 3.63) is 24.0 Å². The van der Waals surface area contributed by atoms with Crippen molar-refractivity contribution in [3.63, 3.8) is 0 Å². The van der Waals surface area contributed by atoms with Crippen molar-refractivity contribution >= 4 is 22.0 Å². The van der Waals surface area contributed by atoms with Crippen LogP contribution in [0.4, 0.5) is 0 Å². The number of amides is 1. The van der Waals surface area contributed by atoms with E-state index in [9.17, 15) is 18.0 Å². The molecule has 116 valence electrons. The molecule has 0 aliphatic carbocycles. The zero-order valence-corrected chi connectivity index (χ0v) is 11.8. The lowest BCUT2D eigenvalue weighted by molar-refractivity contribution is -0.138. The molecule has 1 rings (SSSR count). The maximum atomic E-state index is 11.9. The summed E-state index contributed by atoms with van der Waals surface area (Å²) in [5, 5.41) is 10.8. The zero-order chi connectivity index (χ0) is 16.0. The van der Waals surface area contributed by atoms with E-state index < -0.39 is 33.8 Å². The molecule has 1 aromatic heterocycles. The average molecular weight is 318 g/mol. The summed E-state index contributed by atoms with van der Waals surface area (Å²) in [5.41, 5.74) is -0.180. The lowest BCUT2D eigenvalue weighted by Crippen LogP contribution is -2.45. The van der Waals surface area contributed by atoms with Crippen LogP contribution in [0.3, 0.4) is 0 Å². The standard InChI is InChI=1S/C11H14N2O7S/c1-2-20-8-4-3-5-12-9(8)10(14)13-7(11(15)16)6-21(17,18)19/h3-5,7H,2,6H2,1H3,(H,13,14)(H,15,16)(H,17,18,19)/t7-/m0/s1. The van der Waals surface area contributed by atoms with Crippen LogP contribution in [0.15, 0.2) is 18.3 Å². The van der Waals surface area contributed by atoms with Crippen LogP contribution in [0.25, 0.3) is 0 Å². The van der Waals surface area contributed by atoms with E-state index in [1.54, 1.807) is 6.92 Å². The molecule has 0 saturated carbocycles. The van der Waals surface area contributed by atoms with Crippen molar-refractivity contribution in [2.45, 2.75) is 13.0 Å². The summed E-state index contributed by atoms with van der Waals surface area (Å²) in [6.45, 7) is 1.95. The first-order valence-electron chi connectivity index (χ1n) is 5.81. The molecule has 3 N–H and O–H groups in total. The molecule has 0 aromatic carbocycles. The van der Waals surface area contributed by atoms with Gasteiger partial charge in [0.1, 0.15) is 11.8 Å². The van der Waals surface area contributed by atoms with E-state index in [-0.39, 0.29) is 18.1 Å². The van der Waals surface area contributed by atoms with Crippen molar-refractivity contribution in [2.24, 2.45) is 0 Å². The Labute approximate surface area is 120 Å². The van der Waals surface area contributed by atoms with Crippen LogP contribution in [-0.4, -0.2) is 53.3 Å². The van der Waals surface area contributed by atoms with E-state index in [0.29, 0.717) is 0 Å². The Morgan fingerprint density at radius 2 is 2.14 bits per heavy atom. The molecule has 21 heavy (non-hydrogen) atoms. The fourth-order valence-electron chi connectivity index (χ4n) is 1.44. The number of aromatic nitrogens is 1. The van der Waals surface area contributed by atoms with Gasteiger partial charge in [0, 0.05) is 6.20 Å². The molecule has 1 atom stereocenters. The van der Waals surface area contributed by atoms with Gasteiger partial charge in [-0.15, -0.1) is 0 Å². The van der Waals surface area contributed by atoms with Crippen molar-refractivity contribution in [2.75, 3.05) is 12.4 Å². The maximum absolute atomic E-state index is 11.9. The number of rotatable bonds is 7. The quantitative estimate of drug-likeness (QED) is 0.574. The molecule has 0 saturated heterocycles. The summed E-state index contributed by atoms with van der Waals surface area (Å²) in [5.74, 6) is -3.54. The second kappa shape index (κ2) is 6.99. The maximum Gasteiger partial charge on any atom is 0.327 e. The first-order chi connectivity index (χ1) is 9.74. The van der Waals surface area contributed by atoms with Gasteiger partial charge >= 0.3 is 5.97 Å². The van der Waals surface area contributed by atoms with Crippen molar-refractivity contribution < 1.29 is 32.4 Å². The Kier molecular flexibility index (Phi) is 5.61. The molecule has 0 radical (unpaired) electrons. The van der Waals surface area contributed by atoms with Crippen LogP contribution >= 0.6 is 0 Å². The van der Waals surface area contributed by atoms with E-state index in [2.05, 4.69) is 4.98 Å². The number of carboxylic acids is 1. The number of aliphatic carboxylic acids is 1. The van der Waals surface area contributed by atoms with Gasteiger partial charge in [-0.1, -0.05) is 0 Å². The zero-order valence-electron chi connectivity index (χ0n) is 11.0. The first-order valence-corrected chi connectivity index (χ1v) is 7.42. The molecule has 1 aromatic rings. The number of hydrogen-bond donors (Lipinski definition) is 3. The number of carbonyl (C=O) groups is 2.